The van der Waals surface area contributed by atoms with E-state index in [1.54, 1.807) is 0 Å². The molecule has 0 aromatic rings. The summed E-state index contributed by atoms with van der Waals surface area (Å²) in [7, 11) is 0. The molecule has 4 heteroatoms. The summed E-state index contributed by atoms with van der Waals surface area (Å²) in [5.41, 5.74) is 5.58. The zero-order valence-corrected chi connectivity index (χ0v) is 10.9. The second-order valence-electron chi connectivity index (χ2n) is 5.68. The first-order valence-electron chi connectivity index (χ1n) is 6.77. The summed E-state index contributed by atoms with van der Waals surface area (Å²) >= 11 is 0. The maximum Gasteiger partial charge on any atom is 0.251 e. The Kier molecular flexibility index (Phi) is 4.05. The third-order valence-electron chi connectivity index (χ3n) is 3.48. The highest BCUT2D eigenvalue weighted by Crippen LogP contribution is 2.30. The molecule has 1 heterocycles. The first-order valence-corrected chi connectivity index (χ1v) is 6.77. The first-order chi connectivity index (χ1) is 8.11. The summed E-state index contributed by atoms with van der Waals surface area (Å²) in [4.78, 5) is 14.4. The first kappa shape index (κ1) is 12.8. The number of nitrogens with two attached hydrogens (primary N) is 1. The van der Waals surface area contributed by atoms with Crippen molar-refractivity contribution >= 4 is 5.91 Å². The Labute approximate surface area is 103 Å². The van der Waals surface area contributed by atoms with Crippen molar-refractivity contribution in [1.82, 2.24) is 4.90 Å². The van der Waals surface area contributed by atoms with Crippen LogP contribution in [-0.4, -0.2) is 42.1 Å². The summed E-state index contributed by atoms with van der Waals surface area (Å²) in [6.45, 7) is 5.69. The van der Waals surface area contributed by atoms with E-state index in [4.69, 9.17) is 10.5 Å². The van der Waals surface area contributed by atoms with E-state index in [0.717, 1.165) is 32.2 Å². The van der Waals surface area contributed by atoms with Crippen LogP contribution in [0.3, 0.4) is 0 Å². The molecule has 0 spiro atoms. The minimum atomic E-state index is -0.233. The van der Waals surface area contributed by atoms with Crippen molar-refractivity contribution in [3.8, 4) is 0 Å². The SMILES string of the molecule is CC(C)CN(C(=O)[C@@H]1CC[C@H](CN)O1)C1CC1. The zero-order chi connectivity index (χ0) is 12.4. The molecule has 2 atom stereocenters. The van der Waals surface area contributed by atoms with Gasteiger partial charge in [-0.3, -0.25) is 4.79 Å². The number of ether oxygens (including phenoxy) is 1. The molecule has 4 nitrogen and oxygen atoms in total. The average Bonchev–Trinajstić information content (AvgIpc) is 3.02. The molecule has 2 N–H and O–H groups in total. The standard InChI is InChI=1S/C13H24N2O2/c1-9(2)8-15(10-3-4-10)13(16)12-6-5-11(7-14)17-12/h9-12H,3-8,14H2,1-2H3/t11-,12+/m1/s1. The van der Waals surface area contributed by atoms with Crippen molar-refractivity contribution in [2.75, 3.05) is 13.1 Å². The van der Waals surface area contributed by atoms with Gasteiger partial charge in [-0.2, -0.15) is 0 Å². The monoisotopic (exact) mass is 240 g/mol. The summed E-state index contributed by atoms with van der Waals surface area (Å²) in [5, 5.41) is 0. The van der Waals surface area contributed by atoms with Crippen LogP contribution in [0, 0.1) is 5.92 Å². The van der Waals surface area contributed by atoms with Crippen LogP contribution in [0.15, 0.2) is 0 Å². The van der Waals surface area contributed by atoms with E-state index < -0.39 is 0 Å². The topological polar surface area (TPSA) is 55.6 Å². The van der Waals surface area contributed by atoms with Crippen LogP contribution in [0.5, 0.6) is 0 Å². The molecule has 2 fully saturated rings. The minimum absolute atomic E-state index is 0.0871. The van der Waals surface area contributed by atoms with Crippen molar-refractivity contribution in [1.29, 1.82) is 0 Å². The van der Waals surface area contributed by atoms with E-state index in [9.17, 15) is 4.79 Å². The Hall–Kier alpha value is -0.610. The van der Waals surface area contributed by atoms with Crippen LogP contribution in [-0.2, 0) is 9.53 Å². The number of hydrogen-bond acceptors (Lipinski definition) is 3. The fraction of sp³-hybridized carbons (Fsp3) is 0.923. The molecular formula is C13H24N2O2. The summed E-state index contributed by atoms with van der Waals surface area (Å²) in [6.07, 6.45) is 3.93. The number of rotatable bonds is 5. The lowest BCUT2D eigenvalue weighted by Gasteiger charge is -2.27. The van der Waals surface area contributed by atoms with Crippen molar-refractivity contribution < 1.29 is 9.53 Å². The Bertz CT molecular complexity index is 277. The largest absolute Gasteiger partial charge is 0.364 e. The van der Waals surface area contributed by atoms with Gasteiger partial charge in [0.2, 0.25) is 0 Å². The second kappa shape index (κ2) is 5.36. The van der Waals surface area contributed by atoms with E-state index >= 15 is 0 Å². The fourth-order valence-corrected chi connectivity index (χ4v) is 2.44. The van der Waals surface area contributed by atoms with E-state index in [0.29, 0.717) is 18.5 Å². The molecule has 98 valence electrons. The molecule has 2 aliphatic rings. The molecule has 2 rings (SSSR count). The van der Waals surface area contributed by atoms with Crippen LogP contribution in [0.2, 0.25) is 0 Å². The maximum absolute atomic E-state index is 12.4. The van der Waals surface area contributed by atoms with Crippen molar-refractivity contribution in [3.63, 3.8) is 0 Å². The molecule has 0 bridgehead atoms. The lowest BCUT2D eigenvalue weighted by atomic mass is 10.1. The van der Waals surface area contributed by atoms with Gasteiger partial charge in [-0.15, -0.1) is 0 Å². The molecule has 0 unspecified atom stereocenters. The smallest absolute Gasteiger partial charge is 0.251 e. The number of carbonyl (C=O) groups is 1. The zero-order valence-electron chi connectivity index (χ0n) is 10.9. The number of hydrogen-bond donors (Lipinski definition) is 1. The second-order valence-corrected chi connectivity index (χ2v) is 5.68. The normalized spacial score (nSPS) is 28.7. The fourth-order valence-electron chi connectivity index (χ4n) is 2.44. The molecule has 0 aromatic heterocycles. The average molecular weight is 240 g/mol. The third-order valence-corrected chi connectivity index (χ3v) is 3.48. The summed E-state index contributed by atoms with van der Waals surface area (Å²) < 4.78 is 5.70. The van der Waals surface area contributed by atoms with Gasteiger partial charge in [0.15, 0.2) is 0 Å². The number of amides is 1. The van der Waals surface area contributed by atoms with Crippen molar-refractivity contribution in [3.05, 3.63) is 0 Å². The summed E-state index contributed by atoms with van der Waals surface area (Å²) in [6, 6.07) is 0.477. The third kappa shape index (κ3) is 3.19. The van der Waals surface area contributed by atoms with Crippen LogP contribution in [0.1, 0.15) is 39.5 Å². The van der Waals surface area contributed by atoms with E-state index in [1.807, 2.05) is 4.90 Å². The van der Waals surface area contributed by atoms with Gasteiger partial charge in [0.05, 0.1) is 6.10 Å². The van der Waals surface area contributed by atoms with Gasteiger partial charge >= 0.3 is 0 Å². The number of carbonyl (C=O) groups excluding carboxylic acids is 1. The van der Waals surface area contributed by atoms with Gasteiger partial charge in [-0.1, -0.05) is 13.8 Å². The van der Waals surface area contributed by atoms with Gasteiger partial charge < -0.3 is 15.4 Å². The van der Waals surface area contributed by atoms with Gasteiger partial charge in [-0.25, -0.2) is 0 Å². The molecule has 0 aromatic carbocycles. The van der Waals surface area contributed by atoms with Crippen molar-refractivity contribution in [2.24, 2.45) is 11.7 Å². The van der Waals surface area contributed by atoms with E-state index in [1.165, 1.54) is 0 Å². The predicted molar refractivity (Wildman–Crippen MR) is 66.5 cm³/mol. The molecule has 17 heavy (non-hydrogen) atoms. The summed E-state index contributed by atoms with van der Waals surface area (Å²) in [5.74, 6) is 0.711. The van der Waals surface area contributed by atoms with E-state index in [2.05, 4.69) is 13.8 Å². The Morgan fingerprint density at radius 2 is 2.06 bits per heavy atom. The van der Waals surface area contributed by atoms with Gasteiger partial charge in [-0.05, 0) is 31.6 Å². The van der Waals surface area contributed by atoms with Crippen LogP contribution in [0.25, 0.3) is 0 Å². The highest BCUT2D eigenvalue weighted by atomic mass is 16.5. The molecule has 1 aliphatic carbocycles. The molecule has 1 saturated carbocycles. The molecular weight excluding hydrogens is 216 g/mol. The maximum atomic E-state index is 12.4. The number of nitrogens with zero attached hydrogens (tertiary/aromatic N) is 1. The Morgan fingerprint density at radius 3 is 2.53 bits per heavy atom. The van der Waals surface area contributed by atoms with Crippen molar-refractivity contribution in [2.45, 2.75) is 57.8 Å². The minimum Gasteiger partial charge on any atom is -0.364 e. The molecule has 0 radical (unpaired) electrons. The van der Waals surface area contributed by atoms with Crippen LogP contribution >= 0.6 is 0 Å². The van der Waals surface area contributed by atoms with Gasteiger partial charge in [0, 0.05) is 19.1 Å². The Balaban J connectivity index is 1.92. The van der Waals surface area contributed by atoms with Gasteiger partial charge in [0.25, 0.3) is 5.91 Å². The van der Waals surface area contributed by atoms with Crippen LogP contribution < -0.4 is 5.73 Å². The highest BCUT2D eigenvalue weighted by molar-refractivity contribution is 5.81. The Morgan fingerprint density at radius 1 is 1.35 bits per heavy atom. The van der Waals surface area contributed by atoms with Gasteiger partial charge in [0.1, 0.15) is 6.10 Å². The highest BCUT2D eigenvalue weighted by Gasteiger charge is 2.39. The van der Waals surface area contributed by atoms with E-state index in [-0.39, 0.29) is 18.1 Å². The predicted octanol–water partition coefficient (Wildman–Crippen LogP) is 1.14. The molecule has 1 amide bonds. The van der Waals surface area contributed by atoms with Crippen LogP contribution in [0.4, 0.5) is 0 Å². The lowest BCUT2D eigenvalue weighted by Crippen LogP contribution is -2.43. The quantitative estimate of drug-likeness (QED) is 0.784. The molecule has 1 saturated heterocycles. The lowest BCUT2D eigenvalue weighted by molar-refractivity contribution is -0.143. The molecule has 1 aliphatic heterocycles.